The number of hydrogen-bond acceptors (Lipinski definition) is 2. The molecule has 15 heavy (non-hydrogen) atoms. The van der Waals surface area contributed by atoms with Gasteiger partial charge in [-0.15, -0.1) is 0 Å². The first-order valence-electron chi connectivity index (χ1n) is 4.98. The quantitative estimate of drug-likeness (QED) is 0.729. The van der Waals surface area contributed by atoms with Crippen molar-refractivity contribution in [1.29, 1.82) is 0 Å². The first kappa shape index (κ1) is 9.87. The van der Waals surface area contributed by atoms with Crippen molar-refractivity contribution in [3.8, 4) is 0 Å². The molecule has 0 aromatic heterocycles. The summed E-state index contributed by atoms with van der Waals surface area (Å²) in [6, 6.07) is 9.72. The molecule has 2 unspecified atom stereocenters. The van der Waals surface area contributed by atoms with Crippen LogP contribution in [-0.4, -0.2) is 17.4 Å². The normalized spacial score (nSPS) is 24.9. The van der Waals surface area contributed by atoms with Crippen molar-refractivity contribution in [2.45, 2.75) is 6.10 Å². The standard InChI is InChI=1S/C13H13NO/c15-13-9-5-4-6-11(13)10-14-12-7-2-1-3-8-12/h1-11,13,15H. The Morgan fingerprint density at radius 3 is 2.53 bits per heavy atom. The molecule has 76 valence electrons. The molecule has 0 aliphatic heterocycles. The molecular formula is C13H13NO. The van der Waals surface area contributed by atoms with E-state index < -0.39 is 6.10 Å². The monoisotopic (exact) mass is 199 g/mol. The molecule has 0 heterocycles. The van der Waals surface area contributed by atoms with Crippen LogP contribution in [0.3, 0.4) is 0 Å². The summed E-state index contributed by atoms with van der Waals surface area (Å²) >= 11 is 0. The predicted molar refractivity (Wildman–Crippen MR) is 62.4 cm³/mol. The lowest BCUT2D eigenvalue weighted by atomic mass is 9.99. The minimum Gasteiger partial charge on any atom is -0.388 e. The Morgan fingerprint density at radius 1 is 1.07 bits per heavy atom. The van der Waals surface area contributed by atoms with Gasteiger partial charge in [0, 0.05) is 12.1 Å². The Bertz CT molecular complexity index is 392. The molecule has 1 aromatic carbocycles. The van der Waals surface area contributed by atoms with Crippen LogP contribution in [0.4, 0.5) is 5.69 Å². The van der Waals surface area contributed by atoms with Gasteiger partial charge in [0.25, 0.3) is 0 Å². The van der Waals surface area contributed by atoms with Crippen LogP contribution in [-0.2, 0) is 0 Å². The van der Waals surface area contributed by atoms with Gasteiger partial charge < -0.3 is 5.11 Å². The van der Waals surface area contributed by atoms with Gasteiger partial charge in [0.1, 0.15) is 0 Å². The Balaban J connectivity index is 2.06. The zero-order chi connectivity index (χ0) is 10.5. The maximum absolute atomic E-state index is 9.62. The van der Waals surface area contributed by atoms with Gasteiger partial charge in [0.15, 0.2) is 0 Å². The molecule has 0 fully saturated rings. The van der Waals surface area contributed by atoms with E-state index in [0.29, 0.717) is 0 Å². The summed E-state index contributed by atoms with van der Waals surface area (Å²) in [5.41, 5.74) is 0.910. The van der Waals surface area contributed by atoms with E-state index >= 15 is 0 Å². The fraction of sp³-hybridized carbons (Fsp3) is 0.154. The molecule has 2 heteroatoms. The summed E-state index contributed by atoms with van der Waals surface area (Å²) in [4.78, 5) is 4.31. The van der Waals surface area contributed by atoms with Crippen LogP contribution < -0.4 is 0 Å². The number of aliphatic imine (C=N–C) groups is 1. The molecule has 1 aromatic rings. The highest BCUT2D eigenvalue weighted by atomic mass is 16.3. The number of allylic oxidation sites excluding steroid dienone is 2. The van der Waals surface area contributed by atoms with Crippen LogP contribution in [0, 0.1) is 5.92 Å². The fourth-order valence-corrected chi connectivity index (χ4v) is 1.44. The van der Waals surface area contributed by atoms with Gasteiger partial charge in [-0.1, -0.05) is 42.5 Å². The van der Waals surface area contributed by atoms with Crippen molar-refractivity contribution >= 4 is 11.9 Å². The summed E-state index contributed by atoms with van der Waals surface area (Å²) in [5.74, 6) is -0.0183. The average molecular weight is 199 g/mol. The van der Waals surface area contributed by atoms with Crippen molar-refractivity contribution in [2.24, 2.45) is 10.9 Å². The van der Waals surface area contributed by atoms with E-state index in [9.17, 15) is 5.11 Å². The van der Waals surface area contributed by atoms with Gasteiger partial charge in [-0.2, -0.15) is 0 Å². The van der Waals surface area contributed by atoms with Crippen LogP contribution in [0.5, 0.6) is 0 Å². The first-order chi connectivity index (χ1) is 7.36. The molecule has 0 bridgehead atoms. The lowest BCUT2D eigenvalue weighted by Gasteiger charge is -2.14. The van der Waals surface area contributed by atoms with Crippen LogP contribution in [0.2, 0.25) is 0 Å². The van der Waals surface area contributed by atoms with E-state index in [1.54, 1.807) is 12.3 Å². The van der Waals surface area contributed by atoms with Gasteiger partial charge in [-0.25, -0.2) is 0 Å². The van der Waals surface area contributed by atoms with E-state index in [0.717, 1.165) is 5.69 Å². The summed E-state index contributed by atoms with van der Waals surface area (Å²) in [6.07, 6.45) is 8.80. The van der Waals surface area contributed by atoms with Crippen molar-refractivity contribution < 1.29 is 5.11 Å². The van der Waals surface area contributed by atoms with E-state index in [-0.39, 0.29) is 5.92 Å². The largest absolute Gasteiger partial charge is 0.388 e. The van der Waals surface area contributed by atoms with Crippen molar-refractivity contribution in [1.82, 2.24) is 0 Å². The van der Waals surface area contributed by atoms with Crippen LogP contribution in [0.1, 0.15) is 0 Å². The smallest absolute Gasteiger partial charge is 0.0836 e. The summed E-state index contributed by atoms with van der Waals surface area (Å²) in [5, 5.41) is 9.62. The highest BCUT2D eigenvalue weighted by molar-refractivity contribution is 5.69. The molecule has 0 saturated heterocycles. The lowest BCUT2D eigenvalue weighted by Crippen LogP contribution is -2.18. The molecule has 1 N–H and O–H groups in total. The molecule has 0 radical (unpaired) electrons. The minimum absolute atomic E-state index is 0.0183. The van der Waals surface area contributed by atoms with Crippen molar-refractivity contribution in [3.63, 3.8) is 0 Å². The number of hydrogen-bond donors (Lipinski definition) is 1. The zero-order valence-electron chi connectivity index (χ0n) is 8.32. The Labute approximate surface area is 89.3 Å². The highest BCUT2D eigenvalue weighted by Gasteiger charge is 2.12. The third-order valence-corrected chi connectivity index (χ3v) is 2.30. The molecule has 0 saturated carbocycles. The molecule has 0 amide bonds. The van der Waals surface area contributed by atoms with Gasteiger partial charge in [0.2, 0.25) is 0 Å². The van der Waals surface area contributed by atoms with Crippen LogP contribution >= 0.6 is 0 Å². The second-order valence-electron chi connectivity index (χ2n) is 3.45. The van der Waals surface area contributed by atoms with Crippen LogP contribution in [0.25, 0.3) is 0 Å². The molecule has 1 aliphatic carbocycles. The number of rotatable bonds is 2. The second kappa shape index (κ2) is 4.71. The number of para-hydroxylation sites is 1. The second-order valence-corrected chi connectivity index (χ2v) is 3.45. The summed E-state index contributed by atoms with van der Waals surface area (Å²) < 4.78 is 0. The zero-order valence-corrected chi connectivity index (χ0v) is 8.32. The summed E-state index contributed by atoms with van der Waals surface area (Å²) in [7, 11) is 0. The van der Waals surface area contributed by atoms with E-state index in [2.05, 4.69) is 4.99 Å². The highest BCUT2D eigenvalue weighted by Crippen LogP contribution is 2.14. The van der Waals surface area contributed by atoms with Crippen LogP contribution in [0.15, 0.2) is 59.6 Å². The topological polar surface area (TPSA) is 32.6 Å². The summed E-state index contributed by atoms with van der Waals surface area (Å²) in [6.45, 7) is 0. The SMILES string of the molecule is OC1C=CC=CC1C=Nc1ccccc1. The average Bonchev–Trinajstić information content (AvgIpc) is 2.29. The van der Waals surface area contributed by atoms with Gasteiger partial charge in [-0.3, -0.25) is 4.99 Å². The van der Waals surface area contributed by atoms with Crippen molar-refractivity contribution in [3.05, 3.63) is 54.6 Å². The maximum Gasteiger partial charge on any atom is 0.0836 e. The third-order valence-electron chi connectivity index (χ3n) is 2.30. The molecule has 2 nitrogen and oxygen atoms in total. The first-order valence-corrected chi connectivity index (χ1v) is 4.98. The molecule has 1 aliphatic rings. The van der Waals surface area contributed by atoms with Gasteiger partial charge in [-0.05, 0) is 12.1 Å². The maximum atomic E-state index is 9.62. The predicted octanol–water partition coefficient (Wildman–Crippen LogP) is 2.49. The molecule has 2 atom stereocenters. The molecular weight excluding hydrogens is 186 g/mol. The molecule has 0 spiro atoms. The fourth-order valence-electron chi connectivity index (χ4n) is 1.44. The number of aliphatic hydroxyl groups excluding tert-OH is 1. The Morgan fingerprint density at radius 2 is 1.80 bits per heavy atom. The Hall–Kier alpha value is -1.67. The lowest BCUT2D eigenvalue weighted by molar-refractivity contribution is 0.204. The van der Waals surface area contributed by atoms with E-state index in [1.165, 1.54) is 0 Å². The van der Waals surface area contributed by atoms with Gasteiger partial charge >= 0.3 is 0 Å². The third kappa shape index (κ3) is 2.64. The van der Waals surface area contributed by atoms with Crippen molar-refractivity contribution in [2.75, 3.05) is 0 Å². The molecule has 2 rings (SSSR count). The number of benzene rings is 1. The Kier molecular flexibility index (Phi) is 3.10. The minimum atomic E-state index is -0.456. The van der Waals surface area contributed by atoms with E-state index in [4.69, 9.17) is 0 Å². The number of aliphatic hydroxyl groups is 1. The van der Waals surface area contributed by atoms with E-state index in [1.807, 2.05) is 48.6 Å². The number of nitrogens with zero attached hydrogens (tertiary/aromatic N) is 1. The van der Waals surface area contributed by atoms with Gasteiger partial charge in [0.05, 0.1) is 11.8 Å².